The van der Waals surface area contributed by atoms with Crippen molar-refractivity contribution >= 4 is 0 Å². The maximum atomic E-state index is 11.5. The highest BCUT2D eigenvalue weighted by Crippen LogP contribution is 2.17. The second-order valence-electron chi connectivity index (χ2n) is 4.36. The summed E-state index contributed by atoms with van der Waals surface area (Å²) in [5, 5.41) is 3.44. The minimum absolute atomic E-state index is 0.0421. The molecule has 1 saturated carbocycles. The average molecular weight is 206 g/mol. The van der Waals surface area contributed by atoms with E-state index in [-0.39, 0.29) is 5.56 Å². The summed E-state index contributed by atoms with van der Waals surface area (Å²) in [6.45, 7) is 2.59. The number of H-pyrrole nitrogens is 1. The van der Waals surface area contributed by atoms with Crippen LogP contribution in [0.4, 0.5) is 0 Å². The van der Waals surface area contributed by atoms with Crippen molar-refractivity contribution in [2.45, 2.75) is 45.2 Å². The first-order valence-corrected chi connectivity index (χ1v) is 5.68. The number of rotatable bonds is 3. The van der Waals surface area contributed by atoms with E-state index >= 15 is 0 Å². The fraction of sp³-hybridized carbons (Fsp3) is 0.583. The minimum atomic E-state index is 0.0421. The number of aryl methyl sites for hydroxylation is 1. The molecule has 1 fully saturated rings. The molecule has 82 valence electrons. The Kier molecular flexibility index (Phi) is 3.21. The monoisotopic (exact) mass is 206 g/mol. The molecule has 15 heavy (non-hydrogen) atoms. The topological polar surface area (TPSA) is 44.9 Å². The molecule has 0 saturated heterocycles. The summed E-state index contributed by atoms with van der Waals surface area (Å²) in [7, 11) is 0. The molecule has 0 radical (unpaired) electrons. The number of hydrogen-bond donors (Lipinski definition) is 2. The molecular formula is C12H18N2O. The van der Waals surface area contributed by atoms with Gasteiger partial charge in [0.25, 0.3) is 5.56 Å². The van der Waals surface area contributed by atoms with E-state index < -0.39 is 0 Å². The molecule has 0 aliphatic heterocycles. The molecule has 1 heterocycles. The Bertz CT molecular complexity index is 377. The smallest absolute Gasteiger partial charge is 0.252 e. The Balaban J connectivity index is 1.95. The van der Waals surface area contributed by atoms with Crippen molar-refractivity contribution < 1.29 is 0 Å². The van der Waals surface area contributed by atoms with Crippen LogP contribution in [0.25, 0.3) is 0 Å². The van der Waals surface area contributed by atoms with Crippen LogP contribution in [-0.4, -0.2) is 11.0 Å². The molecule has 2 N–H and O–H groups in total. The first-order chi connectivity index (χ1) is 7.25. The first-order valence-electron chi connectivity index (χ1n) is 5.68. The van der Waals surface area contributed by atoms with Crippen LogP contribution in [0.5, 0.6) is 0 Å². The molecule has 0 aromatic carbocycles. The molecule has 0 unspecified atom stereocenters. The van der Waals surface area contributed by atoms with Crippen LogP contribution in [0.1, 0.15) is 36.9 Å². The summed E-state index contributed by atoms with van der Waals surface area (Å²) < 4.78 is 0. The fourth-order valence-electron chi connectivity index (χ4n) is 2.13. The average Bonchev–Trinajstić information content (AvgIpc) is 2.69. The van der Waals surface area contributed by atoms with Crippen LogP contribution in [0.2, 0.25) is 0 Å². The molecule has 0 amide bonds. The highest BCUT2D eigenvalue weighted by Gasteiger charge is 2.14. The Labute approximate surface area is 89.9 Å². The Morgan fingerprint density at radius 3 is 2.80 bits per heavy atom. The maximum absolute atomic E-state index is 11.5. The zero-order chi connectivity index (χ0) is 10.7. The van der Waals surface area contributed by atoms with Gasteiger partial charge in [-0.05, 0) is 25.8 Å². The summed E-state index contributed by atoms with van der Waals surface area (Å²) >= 11 is 0. The molecule has 1 aromatic rings. The van der Waals surface area contributed by atoms with Crippen LogP contribution in [-0.2, 0) is 6.54 Å². The zero-order valence-electron chi connectivity index (χ0n) is 9.18. The van der Waals surface area contributed by atoms with E-state index in [0.29, 0.717) is 12.6 Å². The second-order valence-corrected chi connectivity index (χ2v) is 4.36. The number of aromatic nitrogens is 1. The third kappa shape index (κ3) is 2.69. The van der Waals surface area contributed by atoms with E-state index in [1.807, 2.05) is 19.1 Å². The van der Waals surface area contributed by atoms with Crippen LogP contribution in [0, 0.1) is 6.92 Å². The lowest BCUT2D eigenvalue weighted by Crippen LogP contribution is -2.28. The van der Waals surface area contributed by atoms with Gasteiger partial charge in [0.15, 0.2) is 0 Å². The van der Waals surface area contributed by atoms with E-state index in [0.717, 1.165) is 11.3 Å². The normalized spacial score (nSPS) is 17.1. The third-order valence-corrected chi connectivity index (χ3v) is 3.07. The van der Waals surface area contributed by atoms with Gasteiger partial charge in [-0.2, -0.15) is 0 Å². The van der Waals surface area contributed by atoms with Crippen molar-refractivity contribution in [3.05, 3.63) is 33.7 Å². The van der Waals surface area contributed by atoms with Crippen molar-refractivity contribution in [2.75, 3.05) is 0 Å². The summed E-state index contributed by atoms with van der Waals surface area (Å²) in [6, 6.07) is 4.48. The standard InChI is InChI=1S/C12H18N2O/c1-9-6-7-10(12(15)14-9)8-13-11-4-2-3-5-11/h6-7,11,13H,2-5,8H2,1H3,(H,14,15). The van der Waals surface area contributed by atoms with E-state index in [2.05, 4.69) is 10.3 Å². The van der Waals surface area contributed by atoms with Crippen molar-refractivity contribution in [3.63, 3.8) is 0 Å². The highest BCUT2D eigenvalue weighted by atomic mass is 16.1. The lowest BCUT2D eigenvalue weighted by molar-refractivity contribution is 0.522. The summed E-state index contributed by atoms with van der Waals surface area (Å²) in [5.41, 5.74) is 1.80. The van der Waals surface area contributed by atoms with Crippen LogP contribution in [0.15, 0.2) is 16.9 Å². The molecule has 3 heteroatoms. The molecule has 0 spiro atoms. The Morgan fingerprint density at radius 1 is 1.40 bits per heavy atom. The van der Waals surface area contributed by atoms with Gasteiger partial charge in [-0.25, -0.2) is 0 Å². The summed E-state index contributed by atoms with van der Waals surface area (Å²) in [6.07, 6.45) is 5.15. The van der Waals surface area contributed by atoms with Gasteiger partial charge in [-0.3, -0.25) is 4.79 Å². The molecule has 1 aromatic heterocycles. The van der Waals surface area contributed by atoms with Crippen LogP contribution < -0.4 is 10.9 Å². The first kappa shape index (κ1) is 10.4. The Hall–Kier alpha value is -1.09. The van der Waals surface area contributed by atoms with Crippen molar-refractivity contribution in [1.82, 2.24) is 10.3 Å². The van der Waals surface area contributed by atoms with Gasteiger partial charge in [-0.1, -0.05) is 18.9 Å². The van der Waals surface area contributed by atoms with Crippen molar-refractivity contribution in [1.29, 1.82) is 0 Å². The highest BCUT2D eigenvalue weighted by molar-refractivity contribution is 5.13. The van der Waals surface area contributed by atoms with Gasteiger partial charge >= 0.3 is 0 Å². The summed E-state index contributed by atoms with van der Waals surface area (Å²) in [5.74, 6) is 0. The SMILES string of the molecule is Cc1ccc(CNC2CCCC2)c(=O)[nH]1. The lowest BCUT2D eigenvalue weighted by atomic mass is 10.2. The minimum Gasteiger partial charge on any atom is -0.326 e. The van der Waals surface area contributed by atoms with E-state index in [9.17, 15) is 4.79 Å². The predicted molar refractivity (Wildman–Crippen MR) is 60.9 cm³/mol. The van der Waals surface area contributed by atoms with Crippen LogP contribution >= 0.6 is 0 Å². The fourth-order valence-corrected chi connectivity index (χ4v) is 2.13. The van der Waals surface area contributed by atoms with Gasteiger partial charge in [0, 0.05) is 23.8 Å². The van der Waals surface area contributed by atoms with Crippen molar-refractivity contribution in [2.24, 2.45) is 0 Å². The lowest BCUT2D eigenvalue weighted by Gasteiger charge is -2.10. The van der Waals surface area contributed by atoms with Gasteiger partial charge in [0.2, 0.25) is 0 Å². The number of hydrogen-bond acceptors (Lipinski definition) is 2. The van der Waals surface area contributed by atoms with Gasteiger partial charge in [0.1, 0.15) is 0 Å². The molecule has 2 rings (SSSR count). The van der Waals surface area contributed by atoms with Crippen molar-refractivity contribution in [3.8, 4) is 0 Å². The van der Waals surface area contributed by atoms with E-state index in [1.54, 1.807) is 0 Å². The second kappa shape index (κ2) is 4.62. The molecule has 3 nitrogen and oxygen atoms in total. The molecule has 0 bridgehead atoms. The number of aromatic amines is 1. The maximum Gasteiger partial charge on any atom is 0.252 e. The third-order valence-electron chi connectivity index (χ3n) is 3.07. The largest absolute Gasteiger partial charge is 0.326 e. The predicted octanol–water partition coefficient (Wildman–Crippen LogP) is 1.72. The number of nitrogens with one attached hydrogen (secondary N) is 2. The van der Waals surface area contributed by atoms with Gasteiger partial charge in [0.05, 0.1) is 0 Å². The Morgan fingerprint density at radius 2 is 2.13 bits per heavy atom. The quantitative estimate of drug-likeness (QED) is 0.791. The van der Waals surface area contributed by atoms with E-state index in [4.69, 9.17) is 0 Å². The zero-order valence-corrected chi connectivity index (χ0v) is 9.18. The summed E-state index contributed by atoms with van der Waals surface area (Å²) in [4.78, 5) is 14.4. The van der Waals surface area contributed by atoms with Crippen LogP contribution in [0.3, 0.4) is 0 Å². The van der Waals surface area contributed by atoms with Gasteiger partial charge in [-0.15, -0.1) is 0 Å². The number of pyridine rings is 1. The van der Waals surface area contributed by atoms with E-state index in [1.165, 1.54) is 25.7 Å². The molecule has 0 atom stereocenters. The molecule has 1 aliphatic rings. The molecular weight excluding hydrogens is 188 g/mol. The molecule has 1 aliphatic carbocycles. The van der Waals surface area contributed by atoms with Gasteiger partial charge < -0.3 is 10.3 Å².